The van der Waals surface area contributed by atoms with Crippen molar-refractivity contribution in [3.63, 3.8) is 0 Å². The number of benzene rings is 2. The maximum absolute atomic E-state index is 8.56. The first-order valence-electron chi connectivity index (χ1n) is 4.50. The lowest BCUT2D eigenvalue weighted by Crippen LogP contribution is -1.90. The van der Waals surface area contributed by atoms with Crippen LogP contribution in [0.1, 0.15) is 0 Å². The van der Waals surface area contributed by atoms with Gasteiger partial charge in [0.25, 0.3) is 12.5 Å². The minimum atomic E-state index is 0.239. The van der Waals surface area contributed by atoms with E-state index in [1.54, 1.807) is 30.7 Å². The van der Waals surface area contributed by atoms with Crippen molar-refractivity contribution in [2.75, 3.05) is 0 Å². The summed E-state index contributed by atoms with van der Waals surface area (Å²) in [6, 6.07) is 10.8. The van der Waals surface area contributed by atoms with Crippen LogP contribution in [0.4, 0.5) is 0 Å². The van der Waals surface area contributed by atoms with Crippen molar-refractivity contribution >= 4 is 10.8 Å². The number of rotatable bonds is 2. The molecule has 0 heterocycles. The van der Waals surface area contributed by atoms with Crippen molar-refractivity contribution in [2.24, 2.45) is 0 Å². The van der Waals surface area contributed by atoms with Crippen LogP contribution < -0.4 is 9.47 Å². The lowest BCUT2D eigenvalue weighted by Gasteiger charge is -2.06. The van der Waals surface area contributed by atoms with Gasteiger partial charge in [-0.15, -0.1) is 10.5 Å². The summed E-state index contributed by atoms with van der Waals surface area (Å²) in [5, 5.41) is 18.7. The molecule has 0 saturated carbocycles. The third kappa shape index (κ3) is 1.60. The van der Waals surface area contributed by atoms with Gasteiger partial charge in [-0.25, -0.2) is 0 Å². The van der Waals surface area contributed by atoms with Crippen LogP contribution in [-0.2, 0) is 0 Å². The predicted octanol–water partition coefficient (Wildman–Crippen LogP) is 2.56. The number of hydrogen-bond acceptors (Lipinski definition) is 4. The summed E-state index contributed by atoms with van der Waals surface area (Å²) in [6.45, 7) is 0. The van der Waals surface area contributed by atoms with Crippen LogP contribution in [-0.4, -0.2) is 0 Å². The zero-order chi connectivity index (χ0) is 11.4. The fraction of sp³-hybridized carbons (Fsp3) is 0. The fourth-order valence-corrected chi connectivity index (χ4v) is 1.50. The molecule has 2 aromatic carbocycles. The van der Waals surface area contributed by atoms with Gasteiger partial charge < -0.3 is 9.47 Å². The SMILES string of the molecule is N#COc1ccc2ccccc2c1OC#N. The largest absolute Gasteiger partial charge is 0.384 e. The van der Waals surface area contributed by atoms with Crippen LogP contribution in [0.25, 0.3) is 10.8 Å². The summed E-state index contributed by atoms with van der Waals surface area (Å²) in [7, 11) is 0. The van der Waals surface area contributed by atoms with Gasteiger partial charge in [-0.05, 0) is 11.5 Å². The molecule has 0 radical (unpaired) electrons. The molecule has 0 N–H and O–H groups in total. The Hall–Kier alpha value is -2.72. The van der Waals surface area contributed by atoms with E-state index in [2.05, 4.69) is 0 Å². The molecular formula is C12H6N2O2. The molecule has 2 aromatic rings. The van der Waals surface area contributed by atoms with Crippen LogP contribution in [0.5, 0.6) is 11.5 Å². The van der Waals surface area contributed by atoms with Gasteiger partial charge in [-0.3, -0.25) is 0 Å². The number of nitrogens with zero attached hydrogens (tertiary/aromatic N) is 2. The quantitative estimate of drug-likeness (QED) is 0.714. The van der Waals surface area contributed by atoms with Gasteiger partial charge in [0.1, 0.15) is 0 Å². The average Bonchev–Trinajstić information content (AvgIpc) is 2.32. The van der Waals surface area contributed by atoms with Crippen molar-refractivity contribution in [3.05, 3.63) is 36.4 Å². The Kier molecular flexibility index (Phi) is 2.58. The molecule has 0 saturated heterocycles. The zero-order valence-corrected chi connectivity index (χ0v) is 8.18. The van der Waals surface area contributed by atoms with Gasteiger partial charge in [0.05, 0.1) is 0 Å². The van der Waals surface area contributed by atoms with Crippen LogP contribution in [0.2, 0.25) is 0 Å². The third-order valence-corrected chi connectivity index (χ3v) is 2.15. The maximum Gasteiger partial charge on any atom is 0.292 e. The van der Waals surface area contributed by atoms with E-state index in [0.29, 0.717) is 0 Å². The summed E-state index contributed by atoms with van der Waals surface area (Å²) in [6.07, 6.45) is 3.14. The smallest absolute Gasteiger partial charge is 0.292 e. The fourth-order valence-electron chi connectivity index (χ4n) is 1.50. The van der Waals surface area contributed by atoms with Crippen LogP contribution in [0.15, 0.2) is 36.4 Å². The molecule has 0 bridgehead atoms. The number of fused-ring (bicyclic) bond motifs is 1. The molecule has 0 fully saturated rings. The molecule has 4 nitrogen and oxygen atoms in total. The Balaban J connectivity index is 2.70. The predicted molar refractivity (Wildman–Crippen MR) is 56.4 cm³/mol. The maximum atomic E-state index is 8.56. The first kappa shape index (κ1) is 9.82. The van der Waals surface area contributed by atoms with Gasteiger partial charge in [0.2, 0.25) is 0 Å². The lowest BCUT2D eigenvalue weighted by atomic mass is 10.1. The highest BCUT2D eigenvalue weighted by Gasteiger charge is 2.10. The minimum Gasteiger partial charge on any atom is -0.384 e. The van der Waals surface area contributed by atoms with Gasteiger partial charge in [-0.1, -0.05) is 30.3 Å². The summed E-state index contributed by atoms with van der Waals surface area (Å²) in [5.74, 6) is 0.505. The second-order valence-corrected chi connectivity index (χ2v) is 3.00. The van der Waals surface area contributed by atoms with E-state index in [4.69, 9.17) is 20.0 Å². The second-order valence-electron chi connectivity index (χ2n) is 3.00. The molecule has 0 aliphatic rings. The number of nitriles is 2. The first-order chi connectivity index (χ1) is 7.86. The Morgan fingerprint density at radius 2 is 1.62 bits per heavy atom. The number of hydrogen-bond donors (Lipinski definition) is 0. The zero-order valence-electron chi connectivity index (χ0n) is 8.18. The standard InChI is InChI=1S/C12H6N2O2/c13-7-15-11-6-5-9-3-1-2-4-10(9)12(11)16-8-14/h1-6H. The van der Waals surface area contributed by atoms with E-state index in [0.717, 1.165) is 10.8 Å². The molecule has 0 spiro atoms. The highest BCUT2D eigenvalue weighted by atomic mass is 16.5. The van der Waals surface area contributed by atoms with E-state index >= 15 is 0 Å². The molecule has 0 aliphatic carbocycles. The average molecular weight is 210 g/mol. The molecule has 76 valence electrons. The van der Waals surface area contributed by atoms with Crippen molar-refractivity contribution in [1.29, 1.82) is 10.5 Å². The van der Waals surface area contributed by atoms with Gasteiger partial charge in [-0.2, -0.15) is 0 Å². The van der Waals surface area contributed by atoms with E-state index in [1.165, 1.54) is 0 Å². The Bertz CT molecular complexity index is 608. The van der Waals surface area contributed by atoms with Crippen molar-refractivity contribution in [2.45, 2.75) is 0 Å². The number of ether oxygens (including phenoxy) is 2. The second kappa shape index (κ2) is 4.20. The highest BCUT2D eigenvalue weighted by molar-refractivity contribution is 5.90. The molecule has 0 amide bonds. The summed E-state index contributed by atoms with van der Waals surface area (Å²) >= 11 is 0. The molecule has 16 heavy (non-hydrogen) atoms. The van der Waals surface area contributed by atoms with Crippen molar-refractivity contribution in [3.8, 4) is 24.0 Å². The molecule has 2 rings (SSSR count). The summed E-state index contributed by atoms with van der Waals surface area (Å²) in [5.41, 5.74) is 0. The normalized spacial score (nSPS) is 9.12. The van der Waals surface area contributed by atoms with E-state index in [-0.39, 0.29) is 11.5 Å². The van der Waals surface area contributed by atoms with Crippen LogP contribution >= 0.6 is 0 Å². The van der Waals surface area contributed by atoms with Crippen molar-refractivity contribution < 1.29 is 9.47 Å². The lowest BCUT2D eigenvalue weighted by molar-refractivity contribution is 0.445. The van der Waals surface area contributed by atoms with E-state index in [1.807, 2.05) is 18.2 Å². The monoisotopic (exact) mass is 210 g/mol. The summed E-state index contributed by atoms with van der Waals surface area (Å²) < 4.78 is 9.56. The molecule has 0 aromatic heterocycles. The highest BCUT2D eigenvalue weighted by Crippen LogP contribution is 2.35. The third-order valence-electron chi connectivity index (χ3n) is 2.15. The van der Waals surface area contributed by atoms with Crippen LogP contribution in [0.3, 0.4) is 0 Å². The molecule has 4 heteroatoms. The van der Waals surface area contributed by atoms with Gasteiger partial charge in [0, 0.05) is 5.39 Å². The topological polar surface area (TPSA) is 66.0 Å². The Labute approximate surface area is 91.9 Å². The molecule has 0 unspecified atom stereocenters. The molecule has 0 aliphatic heterocycles. The first-order valence-corrected chi connectivity index (χ1v) is 4.50. The minimum absolute atomic E-state index is 0.239. The van der Waals surface area contributed by atoms with Crippen molar-refractivity contribution in [1.82, 2.24) is 0 Å². The molecule has 0 atom stereocenters. The Morgan fingerprint density at radius 1 is 0.875 bits per heavy atom. The van der Waals surface area contributed by atoms with E-state index < -0.39 is 0 Å². The Morgan fingerprint density at radius 3 is 2.38 bits per heavy atom. The molecular weight excluding hydrogens is 204 g/mol. The van der Waals surface area contributed by atoms with Gasteiger partial charge >= 0.3 is 0 Å². The summed E-state index contributed by atoms with van der Waals surface area (Å²) in [4.78, 5) is 0. The van der Waals surface area contributed by atoms with E-state index in [9.17, 15) is 0 Å². The van der Waals surface area contributed by atoms with Crippen LogP contribution in [0, 0.1) is 23.0 Å². The van der Waals surface area contributed by atoms with Gasteiger partial charge in [0.15, 0.2) is 11.5 Å².